The van der Waals surface area contributed by atoms with E-state index in [-0.39, 0.29) is 5.97 Å². The highest BCUT2D eigenvalue weighted by Gasteiger charge is 2.52. The van der Waals surface area contributed by atoms with Gasteiger partial charge in [0.15, 0.2) is 4.73 Å². The van der Waals surface area contributed by atoms with Crippen LogP contribution in [0.5, 0.6) is 0 Å². The minimum atomic E-state index is -0.531. The van der Waals surface area contributed by atoms with Crippen molar-refractivity contribution in [2.45, 2.75) is 38.9 Å². The largest absolute Gasteiger partial charge is 0.516 e. The van der Waals surface area contributed by atoms with Gasteiger partial charge in [-0.15, -0.1) is 0 Å². The molecule has 0 atom stereocenters. The summed E-state index contributed by atoms with van der Waals surface area (Å²) in [6.45, 7) is 8.02. The molecule has 1 aliphatic rings. The summed E-state index contributed by atoms with van der Waals surface area (Å²) in [5.74, 6) is -0.367. The van der Waals surface area contributed by atoms with E-state index in [2.05, 4.69) is 20.9 Å². The van der Waals surface area contributed by atoms with Crippen LogP contribution in [0.15, 0.2) is 35.2 Å². The van der Waals surface area contributed by atoms with Crippen LogP contribution >= 0.6 is 15.9 Å². The molecule has 0 unspecified atom stereocenters. The van der Waals surface area contributed by atoms with Gasteiger partial charge in [-0.05, 0) is 67.9 Å². The van der Waals surface area contributed by atoms with E-state index < -0.39 is 18.3 Å². The highest BCUT2D eigenvalue weighted by atomic mass is 79.9. The standard InChI is InChI=1S/C17H20BBrN2O4/c1-16(2)17(3,4)25-18(24-16)13-10-21(15(19)20-13)12-8-6-11(7-9-12)14(22)23-5/h6-10H,1-5H3. The number of esters is 1. The van der Waals surface area contributed by atoms with Gasteiger partial charge in [0.05, 0.1) is 29.5 Å². The summed E-state index contributed by atoms with van der Waals surface area (Å²) in [5.41, 5.74) is 1.19. The molecule has 1 saturated heterocycles. The van der Waals surface area contributed by atoms with Gasteiger partial charge in [0.1, 0.15) is 0 Å². The number of hydrogen-bond acceptors (Lipinski definition) is 5. The molecular weight excluding hydrogens is 387 g/mol. The van der Waals surface area contributed by atoms with Gasteiger partial charge in [-0.25, -0.2) is 9.78 Å². The van der Waals surface area contributed by atoms with Crippen LogP contribution in [0, 0.1) is 0 Å². The van der Waals surface area contributed by atoms with Gasteiger partial charge in [0, 0.05) is 11.9 Å². The van der Waals surface area contributed by atoms with Crippen LogP contribution in [0.25, 0.3) is 5.69 Å². The molecule has 132 valence electrons. The summed E-state index contributed by atoms with van der Waals surface area (Å²) in [4.78, 5) is 16.1. The molecule has 25 heavy (non-hydrogen) atoms. The van der Waals surface area contributed by atoms with E-state index in [0.717, 1.165) is 5.69 Å². The van der Waals surface area contributed by atoms with Crippen molar-refractivity contribution in [1.29, 1.82) is 0 Å². The average molecular weight is 407 g/mol. The Kier molecular flexibility index (Phi) is 4.55. The third-order valence-electron chi connectivity index (χ3n) is 4.74. The summed E-state index contributed by atoms with van der Waals surface area (Å²) in [7, 11) is 0.830. The highest BCUT2D eigenvalue weighted by molar-refractivity contribution is 9.10. The van der Waals surface area contributed by atoms with E-state index >= 15 is 0 Å². The van der Waals surface area contributed by atoms with E-state index in [0.29, 0.717) is 15.9 Å². The van der Waals surface area contributed by atoms with Crippen LogP contribution in [0.3, 0.4) is 0 Å². The zero-order chi connectivity index (χ0) is 18.4. The molecule has 0 spiro atoms. The predicted octanol–water partition coefficient (Wildman–Crippen LogP) is 2.72. The van der Waals surface area contributed by atoms with E-state index in [1.165, 1.54) is 7.11 Å². The van der Waals surface area contributed by atoms with Crippen molar-refractivity contribution >= 4 is 34.6 Å². The minimum Gasteiger partial charge on any atom is -0.465 e. The first-order valence-corrected chi connectivity index (χ1v) is 8.73. The second-order valence-corrected chi connectivity index (χ2v) is 7.64. The smallest absolute Gasteiger partial charge is 0.465 e. The Morgan fingerprint density at radius 1 is 1.16 bits per heavy atom. The summed E-state index contributed by atoms with van der Waals surface area (Å²) >= 11 is 3.47. The molecule has 1 fully saturated rings. The number of ether oxygens (including phenoxy) is 1. The molecule has 3 rings (SSSR count). The molecule has 0 saturated carbocycles. The van der Waals surface area contributed by atoms with Gasteiger partial charge in [-0.3, -0.25) is 4.57 Å². The zero-order valence-electron chi connectivity index (χ0n) is 14.9. The quantitative estimate of drug-likeness (QED) is 0.579. The molecule has 0 N–H and O–H groups in total. The molecule has 2 aromatic rings. The lowest BCUT2D eigenvalue weighted by Crippen LogP contribution is -2.41. The first-order valence-electron chi connectivity index (χ1n) is 7.94. The van der Waals surface area contributed by atoms with E-state index in [9.17, 15) is 4.79 Å². The Morgan fingerprint density at radius 2 is 1.72 bits per heavy atom. The van der Waals surface area contributed by atoms with Gasteiger partial charge < -0.3 is 14.0 Å². The lowest BCUT2D eigenvalue weighted by Gasteiger charge is -2.32. The summed E-state index contributed by atoms with van der Waals surface area (Å²) in [5, 5.41) is 0. The number of aromatic nitrogens is 2. The predicted molar refractivity (Wildman–Crippen MR) is 98.3 cm³/mol. The zero-order valence-corrected chi connectivity index (χ0v) is 16.5. The number of hydrogen-bond donors (Lipinski definition) is 0. The first-order chi connectivity index (χ1) is 11.6. The molecule has 0 aliphatic carbocycles. The highest BCUT2D eigenvalue weighted by Crippen LogP contribution is 2.36. The number of carbonyl (C=O) groups is 1. The van der Waals surface area contributed by atoms with Crippen LogP contribution in [0.2, 0.25) is 0 Å². The molecular formula is C17H20BBrN2O4. The van der Waals surface area contributed by atoms with Crippen LogP contribution < -0.4 is 5.59 Å². The molecule has 1 aliphatic heterocycles. The average Bonchev–Trinajstić information content (AvgIpc) is 3.04. The minimum absolute atomic E-state index is 0.367. The summed E-state index contributed by atoms with van der Waals surface area (Å²) < 4.78 is 19.3. The lowest BCUT2D eigenvalue weighted by atomic mass is 9.86. The van der Waals surface area contributed by atoms with Gasteiger partial charge in [0.2, 0.25) is 0 Å². The fraction of sp³-hybridized carbons (Fsp3) is 0.412. The molecule has 0 radical (unpaired) electrons. The Hall–Kier alpha value is -1.64. The summed E-state index contributed by atoms with van der Waals surface area (Å²) in [6.07, 6.45) is 1.86. The Morgan fingerprint density at radius 3 is 2.24 bits per heavy atom. The summed E-state index contributed by atoms with van der Waals surface area (Å²) in [6, 6.07) is 7.07. The van der Waals surface area contributed by atoms with Crippen molar-refractivity contribution in [1.82, 2.24) is 9.55 Å². The van der Waals surface area contributed by atoms with Gasteiger partial charge in [0.25, 0.3) is 0 Å². The maximum absolute atomic E-state index is 11.5. The maximum Gasteiger partial charge on any atom is 0.516 e. The van der Waals surface area contributed by atoms with Crippen molar-refractivity contribution in [2.75, 3.05) is 7.11 Å². The van der Waals surface area contributed by atoms with Crippen LogP contribution in [0.4, 0.5) is 0 Å². The number of imidazole rings is 1. The van der Waals surface area contributed by atoms with Crippen molar-refractivity contribution in [3.8, 4) is 5.69 Å². The number of rotatable bonds is 3. The molecule has 0 bridgehead atoms. The van der Waals surface area contributed by atoms with Gasteiger partial charge >= 0.3 is 13.1 Å². The molecule has 1 aromatic heterocycles. The number of nitrogens with zero attached hydrogens (tertiary/aromatic N) is 2. The van der Waals surface area contributed by atoms with Crippen LogP contribution in [-0.4, -0.2) is 41.0 Å². The van der Waals surface area contributed by atoms with Crippen molar-refractivity contribution in [3.63, 3.8) is 0 Å². The van der Waals surface area contributed by atoms with Crippen molar-refractivity contribution in [3.05, 3.63) is 40.8 Å². The Balaban J connectivity index is 1.88. The molecule has 1 aromatic carbocycles. The molecule has 0 amide bonds. The maximum atomic E-state index is 11.5. The van der Waals surface area contributed by atoms with Crippen LogP contribution in [0.1, 0.15) is 38.1 Å². The van der Waals surface area contributed by atoms with E-state index in [1.807, 2.05) is 50.6 Å². The van der Waals surface area contributed by atoms with Crippen LogP contribution in [-0.2, 0) is 14.0 Å². The Bertz CT molecular complexity index is 785. The molecule has 6 nitrogen and oxygen atoms in total. The fourth-order valence-corrected chi connectivity index (χ4v) is 3.02. The third kappa shape index (κ3) is 3.26. The molecule has 2 heterocycles. The second kappa shape index (κ2) is 6.27. The second-order valence-electron chi connectivity index (χ2n) is 6.93. The molecule has 8 heteroatoms. The lowest BCUT2D eigenvalue weighted by molar-refractivity contribution is 0.00578. The topological polar surface area (TPSA) is 62.6 Å². The number of halogens is 1. The third-order valence-corrected chi connectivity index (χ3v) is 5.30. The SMILES string of the molecule is COC(=O)c1ccc(-n2cc(B3OC(C)(C)C(C)(C)O3)nc2Br)cc1. The van der Waals surface area contributed by atoms with Gasteiger partial charge in [-0.2, -0.15) is 0 Å². The fourth-order valence-electron chi connectivity index (χ4n) is 2.51. The first kappa shape index (κ1) is 18.2. The van der Waals surface area contributed by atoms with E-state index in [4.69, 9.17) is 14.0 Å². The van der Waals surface area contributed by atoms with E-state index in [1.54, 1.807) is 12.1 Å². The van der Waals surface area contributed by atoms with Crippen molar-refractivity contribution in [2.24, 2.45) is 0 Å². The number of carbonyl (C=O) groups excluding carboxylic acids is 1. The van der Waals surface area contributed by atoms with Gasteiger partial charge in [-0.1, -0.05) is 0 Å². The normalized spacial score (nSPS) is 18.4. The monoisotopic (exact) mass is 406 g/mol. The van der Waals surface area contributed by atoms with Crippen molar-refractivity contribution < 1.29 is 18.8 Å². The number of methoxy groups -OCH3 is 1. The Labute approximate surface area is 155 Å². The number of benzene rings is 1.